The van der Waals surface area contributed by atoms with Gasteiger partial charge in [-0.2, -0.15) is 13.2 Å². The second-order valence-corrected chi connectivity index (χ2v) is 5.78. The van der Waals surface area contributed by atoms with Gasteiger partial charge < -0.3 is 10.1 Å². The number of methoxy groups -OCH3 is 1. The van der Waals surface area contributed by atoms with Crippen molar-refractivity contribution in [3.8, 4) is 0 Å². The van der Waals surface area contributed by atoms with Crippen molar-refractivity contribution in [3.05, 3.63) is 47.2 Å². The van der Waals surface area contributed by atoms with Crippen LogP contribution in [0.15, 0.2) is 36.1 Å². The summed E-state index contributed by atoms with van der Waals surface area (Å²) in [4.78, 5) is 12.1. The monoisotopic (exact) mass is 313 g/mol. The van der Waals surface area contributed by atoms with Gasteiger partial charge in [-0.15, -0.1) is 0 Å². The van der Waals surface area contributed by atoms with Crippen molar-refractivity contribution in [2.24, 2.45) is 5.41 Å². The van der Waals surface area contributed by atoms with E-state index >= 15 is 0 Å². The summed E-state index contributed by atoms with van der Waals surface area (Å²) in [7, 11) is 0.900. The van der Waals surface area contributed by atoms with Gasteiger partial charge in [0.15, 0.2) is 5.78 Å². The van der Waals surface area contributed by atoms with Crippen molar-refractivity contribution in [1.29, 1.82) is 5.41 Å². The van der Waals surface area contributed by atoms with Crippen LogP contribution in [0.4, 0.5) is 13.2 Å². The Labute approximate surface area is 127 Å². The molecule has 1 aromatic carbocycles. The molecular formula is C16H18F3NO2. The third-order valence-corrected chi connectivity index (χ3v) is 2.91. The lowest BCUT2D eigenvalue weighted by Gasteiger charge is -2.16. The Hall–Kier alpha value is -2.11. The van der Waals surface area contributed by atoms with Crippen LogP contribution in [0, 0.1) is 10.8 Å². The number of allylic oxidation sites excluding steroid dienone is 2. The van der Waals surface area contributed by atoms with Crippen LogP contribution < -0.4 is 0 Å². The molecule has 1 aromatic rings. The van der Waals surface area contributed by atoms with E-state index < -0.39 is 17.4 Å². The number of nitrogens with one attached hydrogen (secondary N) is 1. The van der Waals surface area contributed by atoms with E-state index in [9.17, 15) is 18.0 Å². The van der Waals surface area contributed by atoms with Crippen molar-refractivity contribution in [1.82, 2.24) is 0 Å². The fraction of sp³-hybridized carbons (Fsp3) is 0.375. The van der Waals surface area contributed by atoms with Crippen molar-refractivity contribution >= 4 is 11.5 Å². The van der Waals surface area contributed by atoms with Gasteiger partial charge in [-0.25, -0.2) is 0 Å². The third kappa shape index (κ3) is 4.44. The lowest BCUT2D eigenvalue weighted by atomic mass is 9.86. The van der Waals surface area contributed by atoms with Crippen LogP contribution in [-0.4, -0.2) is 24.8 Å². The van der Waals surface area contributed by atoms with Crippen LogP contribution >= 0.6 is 0 Å². The van der Waals surface area contributed by atoms with Crippen molar-refractivity contribution < 1.29 is 22.7 Å². The van der Waals surface area contributed by atoms with E-state index in [1.165, 1.54) is 24.3 Å². The summed E-state index contributed by atoms with van der Waals surface area (Å²) >= 11 is 0. The molecule has 0 unspecified atom stereocenters. The highest BCUT2D eigenvalue weighted by molar-refractivity contribution is 6.07. The van der Waals surface area contributed by atoms with Crippen molar-refractivity contribution in [2.45, 2.75) is 26.9 Å². The van der Waals surface area contributed by atoms with Gasteiger partial charge in [-0.05, 0) is 5.56 Å². The fourth-order valence-corrected chi connectivity index (χ4v) is 1.71. The standard InChI is InChI=1S/C16H18F3NO2/c1-15(2,3)14(21)11-7-5-10(6-8-11)12(20)9-13(22-4)16(17,18)19/h5-9,20H,1-4H3/b13-9-,20-12?. The summed E-state index contributed by atoms with van der Waals surface area (Å²) in [6.45, 7) is 5.34. The molecular weight excluding hydrogens is 295 g/mol. The fourth-order valence-electron chi connectivity index (χ4n) is 1.71. The first-order valence-electron chi connectivity index (χ1n) is 6.53. The number of hydrogen-bond donors (Lipinski definition) is 1. The van der Waals surface area contributed by atoms with E-state index in [1.54, 1.807) is 20.8 Å². The first kappa shape index (κ1) is 17.9. The van der Waals surface area contributed by atoms with Crippen molar-refractivity contribution in [2.75, 3.05) is 7.11 Å². The molecule has 1 rings (SSSR count). The molecule has 0 heterocycles. The number of ketones is 1. The number of rotatable bonds is 4. The summed E-state index contributed by atoms with van der Waals surface area (Å²) in [5, 5.41) is 7.70. The number of benzene rings is 1. The molecule has 3 nitrogen and oxygen atoms in total. The Kier molecular flexibility index (Phi) is 5.17. The molecule has 0 bridgehead atoms. The minimum atomic E-state index is -4.65. The van der Waals surface area contributed by atoms with E-state index in [2.05, 4.69) is 4.74 Å². The molecule has 0 radical (unpaired) electrons. The molecule has 6 heteroatoms. The highest BCUT2D eigenvalue weighted by atomic mass is 19.4. The molecule has 0 saturated heterocycles. The second kappa shape index (κ2) is 6.34. The SMILES string of the molecule is CO/C(=C\C(=N)c1ccc(C(=O)C(C)(C)C)cc1)C(F)(F)F. The van der Waals surface area contributed by atoms with Crippen molar-refractivity contribution in [3.63, 3.8) is 0 Å². The molecule has 0 amide bonds. The topological polar surface area (TPSA) is 50.1 Å². The number of ether oxygens (including phenoxy) is 1. The minimum absolute atomic E-state index is 0.0750. The number of Topliss-reactive ketones (excluding diaryl/α,β-unsaturated/α-hetero) is 1. The van der Waals surface area contributed by atoms with Crippen LogP contribution in [-0.2, 0) is 4.74 Å². The van der Waals surface area contributed by atoms with Crippen LogP contribution in [0.5, 0.6) is 0 Å². The normalized spacial score (nSPS) is 13.0. The van der Waals surface area contributed by atoms with Gasteiger partial charge in [0.1, 0.15) is 0 Å². The second-order valence-electron chi connectivity index (χ2n) is 5.78. The number of alkyl halides is 3. The molecule has 0 fully saturated rings. The maximum absolute atomic E-state index is 12.6. The number of hydrogen-bond acceptors (Lipinski definition) is 3. The molecule has 0 aliphatic carbocycles. The maximum Gasteiger partial charge on any atom is 0.448 e. The number of carbonyl (C=O) groups excluding carboxylic acids is 1. The lowest BCUT2D eigenvalue weighted by molar-refractivity contribution is -0.125. The predicted octanol–water partition coefficient (Wildman–Crippen LogP) is 4.38. The molecule has 0 aliphatic rings. The van der Waals surface area contributed by atoms with E-state index in [-0.39, 0.29) is 17.1 Å². The highest BCUT2D eigenvalue weighted by Crippen LogP contribution is 2.26. The van der Waals surface area contributed by atoms with Gasteiger partial charge >= 0.3 is 6.18 Å². The molecule has 0 aromatic heterocycles. The van der Waals surface area contributed by atoms with Gasteiger partial charge in [0, 0.05) is 17.1 Å². The van der Waals surface area contributed by atoms with E-state index in [1.807, 2.05) is 0 Å². The average molecular weight is 313 g/mol. The Bertz CT molecular complexity index is 593. The highest BCUT2D eigenvalue weighted by Gasteiger charge is 2.35. The van der Waals surface area contributed by atoms with Gasteiger partial charge in [-0.3, -0.25) is 4.79 Å². The zero-order valence-electron chi connectivity index (χ0n) is 12.8. The molecule has 0 atom stereocenters. The quantitative estimate of drug-likeness (QED) is 0.509. The average Bonchev–Trinajstić information content (AvgIpc) is 2.41. The maximum atomic E-state index is 12.6. The van der Waals surface area contributed by atoms with Crippen LogP contribution in [0.25, 0.3) is 0 Å². The van der Waals surface area contributed by atoms with Gasteiger partial charge in [0.2, 0.25) is 5.76 Å². The Balaban J connectivity index is 3.03. The predicted molar refractivity (Wildman–Crippen MR) is 78.2 cm³/mol. The van der Waals surface area contributed by atoms with E-state index in [0.29, 0.717) is 11.6 Å². The molecule has 120 valence electrons. The molecule has 0 saturated carbocycles. The van der Waals surface area contributed by atoms with Crippen LogP contribution in [0.3, 0.4) is 0 Å². The Morgan fingerprint density at radius 1 is 1.09 bits per heavy atom. The Morgan fingerprint density at radius 3 is 1.91 bits per heavy atom. The molecule has 0 spiro atoms. The summed E-state index contributed by atoms with van der Waals surface area (Å²) in [6.07, 6.45) is -4.04. The first-order chi connectivity index (χ1) is 9.96. The molecule has 1 N–H and O–H groups in total. The lowest BCUT2D eigenvalue weighted by Crippen LogP contribution is -2.20. The first-order valence-corrected chi connectivity index (χ1v) is 6.53. The zero-order valence-corrected chi connectivity index (χ0v) is 12.8. The van der Waals surface area contributed by atoms with Gasteiger partial charge in [0.05, 0.1) is 12.8 Å². The zero-order chi connectivity index (χ0) is 17.1. The third-order valence-electron chi connectivity index (χ3n) is 2.91. The summed E-state index contributed by atoms with van der Waals surface area (Å²) in [6, 6.07) is 5.90. The largest absolute Gasteiger partial charge is 0.492 e. The van der Waals surface area contributed by atoms with Crippen LogP contribution in [0.1, 0.15) is 36.7 Å². The molecule has 22 heavy (non-hydrogen) atoms. The van der Waals surface area contributed by atoms with Gasteiger partial charge in [-0.1, -0.05) is 45.0 Å². The molecule has 0 aliphatic heterocycles. The summed E-state index contributed by atoms with van der Waals surface area (Å²) in [5.74, 6) is -1.32. The summed E-state index contributed by atoms with van der Waals surface area (Å²) in [5.41, 5.74) is -0.168. The number of halogens is 3. The smallest absolute Gasteiger partial charge is 0.448 e. The summed E-state index contributed by atoms with van der Waals surface area (Å²) < 4.78 is 41.9. The minimum Gasteiger partial charge on any atom is -0.492 e. The number of carbonyl (C=O) groups is 1. The van der Waals surface area contributed by atoms with E-state index in [0.717, 1.165) is 7.11 Å². The van der Waals surface area contributed by atoms with Gasteiger partial charge in [0.25, 0.3) is 0 Å². The van der Waals surface area contributed by atoms with E-state index in [4.69, 9.17) is 5.41 Å². The Morgan fingerprint density at radius 2 is 1.55 bits per heavy atom. The van der Waals surface area contributed by atoms with Crippen LogP contribution in [0.2, 0.25) is 0 Å².